The highest BCUT2D eigenvalue weighted by Gasteiger charge is 2.77. The Morgan fingerprint density at radius 3 is 2.68 bits per heavy atom. The van der Waals surface area contributed by atoms with E-state index in [2.05, 4.69) is 35.5 Å². The van der Waals surface area contributed by atoms with Crippen molar-refractivity contribution >= 4 is 40.2 Å². The standard InChI is InChI=1S/C29H33ClF3N7O4/c1-15(16-7-5-9-34-21(16)39-25(42)44-26(2,3)4)35-22-17-19(18(31)20(30)37-23(17)41)36-24(38-22)43-14-28-8-6-10-40(28)13-27(11-28)12-29(27,32)33/h5,7,9,15H,6,8,10-14H2,1-4H3,(H,37,41)(H,34,39,42)(H,35,36,38)/t15-,27-,28+/m1/s1. The predicted octanol–water partition coefficient (Wildman–Crippen LogP) is 6.08. The molecule has 1 amide bonds. The molecule has 2 aliphatic heterocycles. The molecule has 6 rings (SSSR count). The Morgan fingerprint density at radius 1 is 1.23 bits per heavy atom. The summed E-state index contributed by atoms with van der Waals surface area (Å²) in [5.41, 5.74) is -2.18. The Kier molecular flexibility index (Phi) is 7.23. The molecule has 236 valence electrons. The number of fused-ring (bicyclic) bond motifs is 2. The van der Waals surface area contributed by atoms with Crippen molar-refractivity contribution in [2.24, 2.45) is 5.41 Å². The van der Waals surface area contributed by atoms with Gasteiger partial charge in [0, 0.05) is 24.7 Å². The summed E-state index contributed by atoms with van der Waals surface area (Å²) in [5.74, 6) is -4.11. The number of hydrogen-bond acceptors (Lipinski definition) is 10. The van der Waals surface area contributed by atoms with Crippen LogP contribution < -0.4 is 15.4 Å². The number of pyridine rings is 2. The minimum atomic E-state index is -2.69. The summed E-state index contributed by atoms with van der Waals surface area (Å²) in [6.07, 6.45) is 2.48. The smallest absolute Gasteiger partial charge is 0.413 e. The fourth-order valence-corrected chi connectivity index (χ4v) is 6.65. The highest BCUT2D eigenvalue weighted by molar-refractivity contribution is 6.30. The van der Waals surface area contributed by atoms with E-state index in [1.54, 1.807) is 39.8 Å². The first-order valence-electron chi connectivity index (χ1n) is 14.3. The Balaban J connectivity index is 1.30. The molecule has 0 radical (unpaired) electrons. The molecule has 1 saturated carbocycles. The molecule has 0 bridgehead atoms. The molecule has 3 atom stereocenters. The molecule has 2 saturated heterocycles. The monoisotopic (exact) mass is 635 g/mol. The average Bonchev–Trinajstić information content (AvgIpc) is 3.16. The van der Waals surface area contributed by atoms with Gasteiger partial charge in [0.05, 0.1) is 17.0 Å². The van der Waals surface area contributed by atoms with Crippen LogP contribution in [0.5, 0.6) is 11.9 Å². The topological polar surface area (TPSA) is 135 Å². The molecule has 3 aliphatic rings. The van der Waals surface area contributed by atoms with Crippen LogP contribution in [0.3, 0.4) is 0 Å². The molecule has 3 N–H and O–H groups in total. The third kappa shape index (κ3) is 5.42. The zero-order valence-corrected chi connectivity index (χ0v) is 25.4. The Morgan fingerprint density at radius 2 is 1.98 bits per heavy atom. The van der Waals surface area contributed by atoms with Gasteiger partial charge in [-0.2, -0.15) is 15.0 Å². The van der Waals surface area contributed by atoms with Crippen LogP contribution in [0, 0.1) is 11.2 Å². The van der Waals surface area contributed by atoms with Crippen LogP contribution in [0.2, 0.25) is 5.15 Å². The fraction of sp³-hybridized carbons (Fsp3) is 0.552. The van der Waals surface area contributed by atoms with Crippen molar-refractivity contribution in [2.45, 2.75) is 76.5 Å². The van der Waals surface area contributed by atoms with Crippen LogP contribution >= 0.6 is 11.6 Å². The number of ether oxygens (including phenoxy) is 2. The number of nitrogens with zero attached hydrogens (tertiary/aromatic N) is 5. The number of halogens is 4. The summed E-state index contributed by atoms with van der Waals surface area (Å²) >= 11 is 5.93. The molecule has 0 aromatic carbocycles. The van der Waals surface area contributed by atoms with Gasteiger partial charge in [0.25, 0.3) is 5.92 Å². The SMILES string of the molecule is C[C@@H](Nc1nc(OC[C@@]23CCCN2C[C@]2(CC2(F)F)C3)nc2c(F)c(Cl)nc(O)c12)c1cccnc1NC(=O)OC(C)(C)C. The van der Waals surface area contributed by atoms with Gasteiger partial charge in [0.1, 0.15) is 34.7 Å². The number of carbonyl (C=O) groups is 1. The number of nitrogens with one attached hydrogen (secondary N) is 2. The van der Waals surface area contributed by atoms with Crippen LogP contribution in [0.4, 0.5) is 29.6 Å². The molecular formula is C29H33ClF3N7O4. The van der Waals surface area contributed by atoms with Crippen LogP contribution in [0.15, 0.2) is 18.3 Å². The van der Waals surface area contributed by atoms with Crippen LogP contribution in [-0.4, -0.2) is 72.8 Å². The van der Waals surface area contributed by atoms with Gasteiger partial charge in [-0.3, -0.25) is 10.2 Å². The number of amides is 1. The van der Waals surface area contributed by atoms with Gasteiger partial charge in [-0.15, -0.1) is 0 Å². The predicted molar refractivity (Wildman–Crippen MR) is 156 cm³/mol. The third-order valence-electron chi connectivity index (χ3n) is 8.57. The van der Waals surface area contributed by atoms with Gasteiger partial charge < -0.3 is 19.9 Å². The van der Waals surface area contributed by atoms with Gasteiger partial charge in [-0.05, 0) is 59.6 Å². The van der Waals surface area contributed by atoms with Gasteiger partial charge in [0.2, 0.25) is 5.88 Å². The largest absolute Gasteiger partial charge is 0.493 e. The fourth-order valence-electron chi connectivity index (χ4n) is 6.48. The summed E-state index contributed by atoms with van der Waals surface area (Å²) in [7, 11) is 0. The van der Waals surface area contributed by atoms with Crippen molar-refractivity contribution in [3.63, 3.8) is 0 Å². The highest BCUT2D eigenvalue weighted by atomic mass is 35.5. The molecule has 0 unspecified atom stereocenters. The Labute approximate surface area is 256 Å². The number of hydrogen-bond donors (Lipinski definition) is 3. The normalized spacial score (nSPS) is 24.7. The van der Waals surface area contributed by atoms with Crippen LogP contribution in [0.1, 0.15) is 65.0 Å². The van der Waals surface area contributed by atoms with E-state index >= 15 is 4.39 Å². The van der Waals surface area contributed by atoms with Crippen molar-refractivity contribution in [1.82, 2.24) is 24.8 Å². The van der Waals surface area contributed by atoms with Crippen LogP contribution in [0.25, 0.3) is 10.9 Å². The minimum absolute atomic E-state index is 0.0254. The maximum absolute atomic E-state index is 15.2. The lowest BCUT2D eigenvalue weighted by Gasteiger charge is -2.31. The van der Waals surface area contributed by atoms with Gasteiger partial charge in [-0.25, -0.2) is 22.9 Å². The molecule has 3 aromatic heterocycles. The lowest BCUT2D eigenvalue weighted by atomic mass is 9.89. The zero-order valence-electron chi connectivity index (χ0n) is 24.7. The summed E-state index contributed by atoms with van der Waals surface area (Å²) in [4.78, 5) is 31.1. The number of aromatic nitrogens is 4. The van der Waals surface area contributed by atoms with E-state index in [9.17, 15) is 18.7 Å². The quantitative estimate of drug-likeness (QED) is 0.262. The number of carbonyl (C=O) groups excluding carboxylic acids is 1. The Hall–Kier alpha value is -3.65. The van der Waals surface area contributed by atoms with Crippen molar-refractivity contribution in [3.05, 3.63) is 34.9 Å². The number of aromatic hydroxyl groups is 1. The molecule has 15 heteroatoms. The molecular weight excluding hydrogens is 603 g/mol. The number of rotatable bonds is 7. The molecule has 1 aliphatic carbocycles. The van der Waals surface area contributed by atoms with Crippen molar-refractivity contribution in [3.8, 4) is 11.9 Å². The molecule has 1 spiro atoms. The summed E-state index contributed by atoms with van der Waals surface area (Å²) in [6, 6.07) is 2.54. The number of anilines is 2. The zero-order chi connectivity index (χ0) is 31.7. The maximum Gasteiger partial charge on any atom is 0.413 e. The first kappa shape index (κ1) is 30.4. The van der Waals surface area contributed by atoms with E-state index < -0.39 is 51.5 Å². The van der Waals surface area contributed by atoms with Gasteiger partial charge in [-0.1, -0.05) is 17.7 Å². The summed E-state index contributed by atoms with van der Waals surface area (Å²) in [6.45, 7) is 7.97. The lowest BCUT2D eigenvalue weighted by molar-refractivity contribution is 0.0631. The van der Waals surface area contributed by atoms with Crippen molar-refractivity contribution in [2.75, 3.05) is 30.3 Å². The first-order chi connectivity index (χ1) is 20.6. The number of alkyl halides is 2. The lowest BCUT2D eigenvalue weighted by Crippen LogP contribution is -2.43. The summed E-state index contributed by atoms with van der Waals surface area (Å²) in [5, 5.41) is 15.7. The van der Waals surface area contributed by atoms with Gasteiger partial charge in [0.15, 0.2) is 11.0 Å². The first-order valence-corrected chi connectivity index (χ1v) is 14.7. The second-order valence-electron chi connectivity index (χ2n) is 12.9. The van der Waals surface area contributed by atoms with Crippen molar-refractivity contribution in [1.29, 1.82) is 0 Å². The molecule has 44 heavy (non-hydrogen) atoms. The molecule has 3 fully saturated rings. The Bertz CT molecular complexity index is 1640. The van der Waals surface area contributed by atoms with E-state index in [1.165, 1.54) is 6.20 Å². The van der Waals surface area contributed by atoms with E-state index in [1.807, 2.05) is 0 Å². The van der Waals surface area contributed by atoms with E-state index in [0.717, 1.165) is 6.42 Å². The minimum Gasteiger partial charge on any atom is -0.493 e. The molecule has 5 heterocycles. The van der Waals surface area contributed by atoms with E-state index in [-0.39, 0.29) is 41.6 Å². The van der Waals surface area contributed by atoms with E-state index in [0.29, 0.717) is 31.5 Å². The van der Waals surface area contributed by atoms with E-state index in [4.69, 9.17) is 21.1 Å². The highest BCUT2D eigenvalue weighted by Crippen LogP contribution is 2.69. The molecule has 11 nitrogen and oxygen atoms in total. The second-order valence-corrected chi connectivity index (χ2v) is 13.3. The third-order valence-corrected chi connectivity index (χ3v) is 8.82. The van der Waals surface area contributed by atoms with Crippen molar-refractivity contribution < 1.29 is 32.5 Å². The summed E-state index contributed by atoms with van der Waals surface area (Å²) < 4.78 is 55.2. The van der Waals surface area contributed by atoms with Gasteiger partial charge >= 0.3 is 12.1 Å². The molecule has 3 aromatic rings. The van der Waals surface area contributed by atoms with Crippen LogP contribution in [-0.2, 0) is 4.74 Å². The average molecular weight is 636 g/mol. The maximum atomic E-state index is 15.2. The second kappa shape index (κ2) is 10.5.